The van der Waals surface area contributed by atoms with E-state index in [1.165, 1.54) is 11.8 Å². The molecule has 2 aromatic heterocycles. The van der Waals surface area contributed by atoms with E-state index in [2.05, 4.69) is 30.8 Å². The van der Waals surface area contributed by atoms with Crippen molar-refractivity contribution in [1.29, 1.82) is 0 Å². The molecule has 7 nitrogen and oxygen atoms in total. The molecule has 0 saturated carbocycles. The number of aromatic nitrogens is 6. The van der Waals surface area contributed by atoms with Gasteiger partial charge in [-0.2, -0.15) is 0 Å². The Morgan fingerprint density at radius 1 is 1.47 bits per heavy atom. The molecule has 0 amide bonds. The summed E-state index contributed by atoms with van der Waals surface area (Å²) in [6.07, 6.45) is 1.79. The molecule has 1 N–H and O–H groups in total. The van der Waals surface area contributed by atoms with Crippen LogP contribution < -0.4 is 5.32 Å². The number of rotatable bonds is 4. The van der Waals surface area contributed by atoms with Gasteiger partial charge in [-0.1, -0.05) is 0 Å². The van der Waals surface area contributed by atoms with E-state index in [-0.39, 0.29) is 0 Å². The average molecular weight is 251 g/mol. The fourth-order valence-electron chi connectivity index (χ4n) is 1.17. The third-order valence-electron chi connectivity index (χ3n) is 2.03. The molecule has 2 rings (SSSR count). The van der Waals surface area contributed by atoms with Gasteiger partial charge in [0.1, 0.15) is 5.03 Å². The van der Waals surface area contributed by atoms with Crippen LogP contribution in [-0.4, -0.2) is 36.7 Å². The second-order valence-corrected chi connectivity index (χ2v) is 4.36. The first-order chi connectivity index (χ1) is 8.20. The maximum absolute atomic E-state index is 4.41. The van der Waals surface area contributed by atoms with E-state index in [1.54, 1.807) is 17.9 Å². The summed E-state index contributed by atoms with van der Waals surface area (Å²) in [7, 11) is 1.80. The van der Waals surface area contributed by atoms with Crippen LogP contribution in [-0.2, 0) is 7.05 Å². The molecule has 0 bridgehead atoms. The summed E-state index contributed by atoms with van der Waals surface area (Å²) < 4.78 is 1.61. The summed E-state index contributed by atoms with van der Waals surface area (Å²) >= 11 is 1.42. The first-order valence-electron chi connectivity index (χ1n) is 5.18. The number of anilines is 1. The molecule has 0 aliphatic rings. The van der Waals surface area contributed by atoms with Crippen LogP contribution in [0.25, 0.3) is 0 Å². The quantitative estimate of drug-likeness (QED) is 0.808. The molecule has 0 fully saturated rings. The van der Waals surface area contributed by atoms with Crippen molar-refractivity contribution >= 4 is 17.7 Å². The lowest BCUT2D eigenvalue weighted by Gasteiger charge is -2.06. The third kappa shape index (κ3) is 2.70. The summed E-state index contributed by atoms with van der Waals surface area (Å²) in [5.41, 5.74) is 1.000. The van der Waals surface area contributed by atoms with Gasteiger partial charge in [0.2, 0.25) is 11.1 Å². The zero-order valence-electron chi connectivity index (χ0n) is 9.88. The predicted octanol–water partition coefficient (Wildman–Crippen LogP) is 0.892. The van der Waals surface area contributed by atoms with Crippen LogP contribution in [0.15, 0.2) is 16.4 Å². The number of aryl methyl sites for hydroxylation is 2. The van der Waals surface area contributed by atoms with Gasteiger partial charge >= 0.3 is 0 Å². The lowest BCUT2D eigenvalue weighted by molar-refractivity contribution is 0.664. The van der Waals surface area contributed by atoms with Crippen molar-refractivity contribution in [3.05, 3.63) is 11.8 Å². The molecule has 0 radical (unpaired) electrons. The van der Waals surface area contributed by atoms with Crippen LogP contribution in [0.4, 0.5) is 5.95 Å². The Labute approximate surface area is 103 Å². The lowest BCUT2D eigenvalue weighted by Crippen LogP contribution is -2.03. The van der Waals surface area contributed by atoms with Crippen LogP contribution in [0.1, 0.15) is 12.5 Å². The van der Waals surface area contributed by atoms with Crippen LogP contribution in [0.3, 0.4) is 0 Å². The largest absolute Gasteiger partial charge is 0.354 e. The smallest absolute Gasteiger partial charge is 0.223 e. The van der Waals surface area contributed by atoms with Crippen molar-refractivity contribution in [1.82, 2.24) is 30.2 Å². The Kier molecular flexibility index (Phi) is 3.52. The molecule has 0 aliphatic carbocycles. The minimum atomic E-state index is 0.621. The van der Waals surface area contributed by atoms with E-state index in [9.17, 15) is 0 Å². The van der Waals surface area contributed by atoms with E-state index < -0.39 is 0 Å². The standard InChI is InChI=1S/C9H13N7S/c1-4-10-8-11-5-6(2)7(12-8)17-9-13-14-15-16(9)3/h5H,4H2,1-3H3,(H,10,11,12). The molecule has 17 heavy (non-hydrogen) atoms. The predicted molar refractivity (Wildman–Crippen MR) is 63.9 cm³/mol. The maximum atomic E-state index is 4.41. The monoisotopic (exact) mass is 251 g/mol. The molecule has 2 aromatic rings. The molecule has 90 valence electrons. The second-order valence-electron chi connectivity index (χ2n) is 3.40. The minimum absolute atomic E-state index is 0.621. The van der Waals surface area contributed by atoms with Gasteiger partial charge in [-0.25, -0.2) is 14.6 Å². The Hall–Kier alpha value is -1.70. The van der Waals surface area contributed by atoms with Crippen molar-refractivity contribution in [2.45, 2.75) is 24.0 Å². The average Bonchev–Trinajstić information content (AvgIpc) is 2.70. The Morgan fingerprint density at radius 3 is 2.94 bits per heavy atom. The van der Waals surface area contributed by atoms with Gasteiger partial charge < -0.3 is 5.32 Å². The highest BCUT2D eigenvalue weighted by Gasteiger charge is 2.10. The molecular weight excluding hydrogens is 238 g/mol. The maximum Gasteiger partial charge on any atom is 0.223 e. The normalized spacial score (nSPS) is 10.5. The highest BCUT2D eigenvalue weighted by Crippen LogP contribution is 2.26. The fraction of sp³-hybridized carbons (Fsp3) is 0.444. The first kappa shape index (κ1) is 11.8. The van der Waals surface area contributed by atoms with Gasteiger partial charge in [0.15, 0.2) is 0 Å². The molecular formula is C9H13N7S. The SMILES string of the molecule is CCNc1ncc(C)c(Sc2nnnn2C)n1. The van der Waals surface area contributed by atoms with Crippen molar-refractivity contribution in [2.24, 2.45) is 7.05 Å². The molecule has 0 aromatic carbocycles. The number of nitrogens with one attached hydrogen (secondary N) is 1. The van der Waals surface area contributed by atoms with Crippen molar-refractivity contribution in [3.63, 3.8) is 0 Å². The third-order valence-corrected chi connectivity index (χ3v) is 3.16. The molecule has 0 saturated heterocycles. The van der Waals surface area contributed by atoms with Gasteiger partial charge in [-0.15, -0.1) is 5.10 Å². The highest BCUT2D eigenvalue weighted by atomic mass is 32.2. The lowest BCUT2D eigenvalue weighted by atomic mass is 10.4. The number of nitrogens with zero attached hydrogens (tertiary/aromatic N) is 6. The topological polar surface area (TPSA) is 81.4 Å². The Balaban J connectivity index is 2.25. The van der Waals surface area contributed by atoms with Gasteiger partial charge in [0, 0.05) is 25.4 Å². The van der Waals surface area contributed by atoms with Gasteiger partial charge in [0.05, 0.1) is 0 Å². The molecule has 8 heteroatoms. The van der Waals surface area contributed by atoms with Crippen molar-refractivity contribution < 1.29 is 0 Å². The summed E-state index contributed by atoms with van der Waals surface area (Å²) in [5, 5.41) is 15.9. The summed E-state index contributed by atoms with van der Waals surface area (Å²) in [6.45, 7) is 4.75. The van der Waals surface area contributed by atoms with Crippen LogP contribution in [0.2, 0.25) is 0 Å². The van der Waals surface area contributed by atoms with E-state index in [0.29, 0.717) is 11.1 Å². The molecule has 2 heterocycles. The fourth-order valence-corrected chi connectivity index (χ4v) is 1.93. The molecule has 0 spiro atoms. The summed E-state index contributed by atoms with van der Waals surface area (Å²) in [5.74, 6) is 0.621. The zero-order chi connectivity index (χ0) is 12.3. The number of hydrogen-bond acceptors (Lipinski definition) is 7. The Morgan fingerprint density at radius 2 is 2.29 bits per heavy atom. The van der Waals surface area contributed by atoms with Gasteiger partial charge in [-0.05, 0) is 36.0 Å². The van der Waals surface area contributed by atoms with E-state index in [0.717, 1.165) is 17.1 Å². The second kappa shape index (κ2) is 5.09. The van der Waals surface area contributed by atoms with E-state index >= 15 is 0 Å². The van der Waals surface area contributed by atoms with Crippen molar-refractivity contribution in [2.75, 3.05) is 11.9 Å². The van der Waals surface area contributed by atoms with Gasteiger partial charge in [-0.3, -0.25) is 0 Å². The summed E-state index contributed by atoms with van der Waals surface area (Å²) in [6, 6.07) is 0. The van der Waals surface area contributed by atoms with Crippen LogP contribution in [0.5, 0.6) is 0 Å². The van der Waals surface area contributed by atoms with E-state index in [4.69, 9.17) is 0 Å². The molecule has 0 aliphatic heterocycles. The highest BCUT2D eigenvalue weighted by molar-refractivity contribution is 7.99. The minimum Gasteiger partial charge on any atom is -0.354 e. The van der Waals surface area contributed by atoms with Gasteiger partial charge in [0.25, 0.3) is 0 Å². The van der Waals surface area contributed by atoms with Crippen LogP contribution >= 0.6 is 11.8 Å². The number of tetrazole rings is 1. The van der Waals surface area contributed by atoms with E-state index in [1.807, 2.05) is 13.8 Å². The Bertz CT molecular complexity index is 510. The molecule has 0 unspecified atom stereocenters. The van der Waals surface area contributed by atoms with Crippen molar-refractivity contribution in [3.8, 4) is 0 Å². The molecule has 0 atom stereocenters. The number of hydrogen-bond donors (Lipinski definition) is 1. The zero-order valence-corrected chi connectivity index (χ0v) is 10.7. The van der Waals surface area contributed by atoms with Crippen LogP contribution in [0, 0.1) is 6.92 Å². The summed E-state index contributed by atoms with van der Waals surface area (Å²) in [4.78, 5) is 8.60. The first-order valence-corrected chi connectivity index (χ1v) is 6.00.